The molecular formula is C15H18N2O4. The van der Waals surface area contributed by atoms with Gasteiger partial charge in [-0.2, -0.15) is 0 Å². The molecule has 0 aliphatic carbocycles. The smallest absolute Gasteiger partial charge is 0.268 e. The number of benzene rings is 1. The Balaban J connectivity index is 2.24. The Bertz CT molecular complexity index is 675. The highest BCUT2D eigenvalue weighted by molar-refractivity contribution is 5.96. The molecule has 0 spiro atoms. The first-order valence-corrected chi connectivity index (χ1v) is 6.68. The molecule has 0 radical (unpaired) electrons. The van der Waals surface area contributed by atoms with E-state index < -0.39 is 5.91 Å². The molecule has 1 atom stereocenters. The molecule has 2 rings (SSSR count). The van der Waals surface area contributed by atoms with E-state index in [2.05, 4.69) is 10.3 Å². The highest BCUT2D eigenvalue weighted by Gasteiger charge is 2.15. The number of fused-ring (bicyclic) bond motifs is 1. The molecule has 0 saturated heterocycles. The van der Waals surface area contributed by atoms with Crippen molar-refractivity contribution in [2.24, 2.45) is 0 Å². The van der Waals surface area contributed by atoms with Crippen LogP contribution in [0.4, 0.5) is 0 Å². The molecule has 3 N–H and O–H groups in total. The first-order valence-electron chi connectivity index (χ1n) is 6.68. The summed E-state index contributed by atoms with van der Waals surface area (Å²) in [7, 11) is 1.52. The van der Waals surface area contributed by atoms with E-state index in [1.165, 1.54) is 7.11 Å². The molecule has 1 unspecified atom stereocenters. The number of aromatic amines is 1. The van der Waals surface area contributed by atoms with Crippen molar-refractivity contribution in [2.45, 2.75) is 12.5 Å². The maximum Gasteiger partial charge on any atom is 0.268 e. The van der Waals surface area contributed by atoms with Gasteiger partial charge in [0.1, 0.15) is 5.69 Å². The number of aliphatic hydroxyl groups is 1. The Morgan fingerprint density at radius 1 is 1.43 bits per heavy atom. The molecule has 2 aromatic rings. The van der Waals surface area contributed by atoms with Crippen molar-refractivity contribution in [3.8, 4) is 0 Å². The minimum Gasteiger partial charge on any atom is -0.396 e. The van der Waals surface area contributed by atoms with Gasteiger partial charge in [-0.15, -0.1) is 0 Å². The summed E-state index contributed by atoms with van der Waals surface area (Å²) >= 11 is 0. The molecule has 1 heterocycles. The van der Waals surface area contributed by atoms with Crippen LogP contribution >= 0.6 is 0 Å². The van der Waals surface area contributed by atoms with E-state index in [1.54, 1.807) is 24.3 Å². The molecule has 0 aliphatic rings. The van der Waals surface area contributed by atoms with Gasteiger partial charge in [0.05, 0.1) is 12.6 Å². The maximum absolute atomic E-state index is 12.2. The number of hydrogen-bond acceptors (Lipinski definition) is 4. The summed E-state index contributed by atoms with van der Waals surface area (Å²) in [5.41, 5.74) is -0.110. The number of amides is 1. The van der Waals surface area contributed by atoms with Crippen LogP contribution in [0.2, 0.25) is 0 Å². The van der Waals surface area contributed by atoms with E-state index in [-0.39, 0.29) is 23.9 Å². The zero-order valence-corrected chi connectivity index (χ0v) is 11.8. The van der Waals surface area contributed by atoms with Gasteiger partial charge in [0.2, 0.25) is 0 Å². The lowest BCUT2D eigenvalue weighted by atomic mass is 10.1. The van der Waals surface area contributed by atoms with Crippen molar-refractivity contribution in [1.82, 2.24) is 10.3 Å². The zero-order chi connectivity index (χ0) is 15.2. The second-order valence-electron chi connectivity index (χ2n) is 4.74. The van der Waals surface area contributed by atoms with Crippen LogP contribution in [0.3, 0.4) is 0 Å². The van der Waals surface area contributed by atoms with E-state index in [0.29, 0.717) is 23.8 Å². The van der Waals surface area contributed by atoms with E-state index in [9.17, 15) is 9.59 Å². The number of aromatic nitrogens is 1. The van der Waals surface area contributed by atoms with Gasteiger partial charge in [0.15, 0.2) is 0 Å². The number of ether oxygens (including phenoxy) is 1. The monoisotopic (exact) mass is 290 g/mol. The molecule has 0 bridgehead atoms. The number of rotatable bonds is 6. The predicted octanol–water partition coefficient (Wildman–Crippen LogP) is 0.655. The number of pyridine rings is 1. The predicted molar refractivity (Wildman–Crippen MR) is 79.4 cm³/mol. The number of H-pyrrole nitrogens is 1. The van der Waals surface area contributed by atoms with E-state index >= 15 is 0 Å². The molecular weight excluding hydrogens is 272 g/mol. The normalized spacial score (nSPS) is 12.3. The van der Waals surface area contributed by atoms with Gasteiger partial charge >= 0.3 is 0 Å². The van der Waals surface area contributed by atoms with Crippen LogP contribution in [0, 0.1) is 0 Å². The largest absolute Gasteiger partial charge is 0.396 e. The van der Waals surface area contributed by atoms with Crippen LogP contribution in [0.15, 0.2) is 35.1 Å². The summed E-state index contributed by atoms with van der Waals surface area (Å²) in [6, 6.07) is 8.39. The van der Waals surface area contributed by atoms with Crippen LogP contribution in [0.1, 0.15) is 16.9 Å². The van der Waals surface area contributed by atoms with Gasteiger partial charge in [0.25, 0.3) is 11.5 Å². The minimum absolute atomic E-state index is 0.0530. The first kappa shape index (κ1) is 15.2. The van der Waals surface area contributed by atoms with Gasteiger partial charge in [-0.25, -0.2) is 0 Å². The third-order valence-electron chi connectivity index (χ3n) is 3.18. The van der Waals surface area contributed by atoms with Crippen molar-refractivity contribution in [3.63, 3.8) is 0 Å². The lowest BCUT2D eigenvalue weighted by Gasteiger charge is -2.16. The summed E-state index contributed by atoms with van der Waals surface area (Å²) in [5.74, 6) is -0.395. The number of hydrogen-bond donors (Lipinski definition) is 3. The molecule has 1 aromatic carbocycles. The van der Waals surface area contributed by atoms with Crippen LogP contribution < -0.4 is 10.9 Å². The summed E-state index contributed by atoms with van der Waals surface area (Å²) in [6.07, 6.45) is 0.386. The molecule has 1 amide bonds. The standard InChI is InChI=1S/C15H18N2O4/c1-21-9-11(6-7-18)16-15(20)13-8-10-4-2-3-5-12(10)14(19)17-13/h2-5,8,11,18H,6-7,9H2,1H3,(H,16,20)(H,17,19). The average molecular weight is 290 g/mol. The summed E-state index contributed by atoms with van der Waals surface area (Å²) in [5, 5.41) is 12.9. The Hall–Kier alpha value is -2.18. The van der Waals surface area contributed by atoms with Crippen molar-refractivity contribution in [2.75, 3.05) is 20.3 Å². The third kappa shape index (κ3) is 3.68. The Morgan fingerprint density at radius 2 is 2.19 bits per heavy atom. The Morgan fingerprint density at radius 3 is 2.90 bits per heavy atom. The molecule has 0 fully saturated rings. The highest BCUT2D eigenvalue weighted by Crippen LogP contribution is 2.10. The SMILES string of the molecule is COCC(CCO)NC(=O)c1cc2ccccc2c(=O)[nH]1. The molecule has 0 saturated carbocycles. The number of aliphatic hydroxyl groups excluding tert-OH is 1. The van der Waals surface area contributed by atoms with Crippen molar-refractivity contribution < 1.29 is 14.6 Å². The molecule has 6 heteroatoms. The second kappa shape index (κ2) is 7.01. The van der Waals surface area contributed by atoms with Crippen molar-refractivity contribution in [3.05, 3.63) is 46.4 Å². The van der Waals surface area contributed by atoms with Crippen LogP contribution in [0.5, 0.6) is 0 Å². The van der Waals surface area contributed by atoms with E-state index in [4.69, 9.17) is 9.84 Å². The van der Waals surface area contributed by atoms with E-state index in [1.807, 2.05) is 6.07 Å². The number of carbonyl (C=O) groups is 1. The van der Waals surface area contributed by atoms with Crippen LogP contribution in [-0.4, -0.2) is 42.4 Å². The molecule has 1 aromatic heterocycles. The fourth-order valence-corrected chi connectivity index (χ4v) is 2.15. The topological polar surface area (TPSA) is 91.4 Å². The maximum atomic E-state index is 12.2. The third-order valence-corrected chi connectivity index (χ3v) is 3.18. The number of methoxy groups -OCH3 is 1. The van der Waals surface area contributed by atoms with Gasteiger partial charge in [-0.3, -0.25) is 9.59 Å². The van der Waals surface area contributed by atoms with Crippen molar-refractivity contribution in [1.29, 1.82) is 0 Å². The fraction of sp³-hybridized carbons (Fsp3) is 0.333. The van der Waals surface area contributed by atoms with Crippen molar-refractivity contribution >= 4 is 16.7 Å². The first-order chi connectivity index (χ1) is 10.2. The lowest BCUT2D eigenvalue weighted by Crippen LogP contribution is -2.39. The summed E-state index contributed by atoms with van der Waals surface area (Å²) < 4.78 is 4.99. The zero-order valence-electron chi connectivity index (χ0n) is 11.8. The molecule has 21 heavy (non-hydrogen) atoms. The van der Waals surface area contributed by atoms with Gasteiger partial charge in [-0.05, 0) is 23.9 Å². The lowest BCUT2D eigenvalue weighted by molar-refractivity contribution is 0.0874. The number of nitrogens with one attached hydrogen (secondary N) is 2. The fourth-order valence-electron chi connectivity index (χ4n) is 2.15. The molecule has 0 aliphatic heterocycles. The van der Waals surface area contributed by atoms with Gasteiger partial charge in [0, 0.05) is 19.1 Å². The Kier molecular flexibility index (Phi) is 5.08. The van der Waals surface area contributed by atoms with Gasteiger partial charge in [-0.1, -0.05) is 18.2 Å². The molecule has 6 nitrogen and oxygen atoms in total. The quantitative estimate of drug-likeness (QED) is 0.728. The van der Waals surface area contributed by atoms with Crippen LogP contribution in [-0.2, 0) is 4.74 Å². The van der Waals surface area contributed by atoms with Gasteiger partial charge < -0.3 is 20.1 Å². The summed E-state index contributed by atoms with van der Waals surface area (Å²) in [4.78, 5) is 26.7. The van der Waals surface area contributed by atoms with Crippen LogP contribution in [0.25, 0.3) is 10.8 Å². The minimum atomic E-state index is -0.395. The number of carbonyl (C=O) groups excluding carboxylic acids is 1. The average Bonchev–Trinajstić information content (AvgIpc) is 2.47. The Labute approximate surface area is 121 Å². The second-order valence-corrected chi connectivity index (χ2v) is 4.74. The highest BCUT2D eigenvalue weighted by atomic mass is 16.5. The molecule has 112 valence electrons. The van der Waals surface area contributed by atoms with E-state index in [0.717, 1.165) is 0 Å². The summed E-state index contributed by atoms with van der Waals surface area (Å²) in [6.45, 7) is 0.243.